The van der Waals surface area contributed by atoms with Gasteiger partial charge in [0.05, 0.1) is 5.92 Å². The molecule has 0 saturated heterocycles. The number of amides is 1. The number of thioether (sulfide) groups is 1. The van der Waals surface area contributed by atoms with Gasteiger partial charge >= 0.3 is 5.97 Å². The molecule has 4 nitrogen and oxygen atoms in total. The van der Waals surface area contributed by atoms with E-state index < -0.39 is 5.97 Å². The Morgan fingerprint density at radius 3 is 2.04 bits per heavy atom. The highest BCUT2D eigenvalue weighted by molar-refractivity contribution is 8.00. The maximum absolute atomic E-state index is 12.2. The van der Waals surface area contributed by atoms with E-state index in [9.17, 15) is 9.59 Å². The second kappa shape index (κ2) is 14.8. The van der Waals surface area contributed by atoms with Gasteiger partial charge in [0.2, 0.25) is 5.91 Å². The van der Waals surface area contributed by atoms with E-state index in [1.807, 2.05) is 58.0 Å². The van der Waals surface area contributed by atoms with Crippen LogP contribution < -0.4 is 5.32 Å². The highest BCUT2D eigenvalue weighted by Crippen LogP contribution is 2.26. The Morgan fingerprint density at radius 1 is 1.08 bits per heavy atom. The number of rotatable bonds is 7. The standard InChI is InChI=1S/C16H23NO3S.2C2H6/c1-16(2,3)21-11-13(15(20)17-10-14(18)19)9-12-7-5-4-6-8-12;2*1-2/h4-8,13H,9-11H2,1-3H3,(H,17,20)(H,18,19);2*1-2H3. The van der Waals surface area contributed by atoms with Gasteiger partial charge in [0.1, 0.15) is 6.54 Å². The Morgan fingerprint density at radius 2 is 1.60 bits per heavy atom. The molecule has 25 heavy (non-hydrogen) atoms. The van der Waals surface area contributed by atoms with E-state index >= 15 is 0 Å². The third-order valence-corrected chi connectivity index (χ3v) is 4.26. The molecule has 0 aliphatic rings. The number of aliphatic carboxylic acids is 1. The number of carbonyl (C=O) groups excluding carboxylic acids is 1. The van der Waals surface area contributed by atoms with Gasteiger partial charge in [-0.3, -0.25) is 9.59 Å². The van der Waals surface area contributed by atoms with Gasteiger partial charge < -0.3 is 10.4 Å². The third-order valence-electron chi connectivity index (χ3n) is 2.83. The van der Waals surface area contributed by atoms with Gasteiger partial charge in [0.25, 0.3) is 0 Å². The van der Waals surface area contributed by atoms with Crippen molar-refractivity contribution < 1.29 is 14.7 Å². The van der Waals surface area contributed by atoms with E-state index in [-0.39, 0.29) is 23.1 Å². The minimum absolute atomic E-state index is 0.0714. The van der Waals surface area contributed by atoms with Crippen molar-refractivity contribution in [1.29, 1.82) is 0 Å². The molecule has 0 radical (unpaired) electrons. The maximum Gasteiger partial charge on any atom is 0.322 e. The van der Waals surface area contributed by atoms with E-state index in [1.165, 1.54) is 0 Å². The Balaban J connectivity index is 0. The lowest BCUT2D eigenvalue weighted by Gasteiger charge is -2.22. The molecule has 1 unspecified atom stereocenters. The first kappa shape index (κ1) is 25.7. The van der Waals surface area contributed by atoms with Crippen LogP contribution in [0.25, 0.3) is 0 Å². The Kier molecular flexibility index (Phi) is 15.3. The molecule has 0 bridgehead atoms. The summed E-state index contributed by atoms with van der Waals surface area (Å²) in [5.41, 5.74) is 1.09. The summed E-state index contributed by atoms with van der Waals surface area (Å²) in [6.45, 7) is 14.0. The number of hydrogen-bond donors (Lipinski definition) is 2. The zero-order chi connectivity index (χ0) is 19.9. The molecule has 2 N–H and O–H groups in total. The van der Waals surface area contributed by atoms with Crippen molar-refractivity contribution in [3.63, 3.8) is 0 Å². The number of benzene rings is 1. The van der Waals surface area contributed by atoms with Crippen molar-refractivity contribution in [3.05, 3.63) is 35.9 Å². The average molecular weight is 370 g/mol. The number of nitrogens with one attached hydrogen (secondary N) is 1. The molecule has 144 valence electrons. The van der Waals surface area contributed by atoms with Crippen molar-refractivity contribution >= 4 is 23.6 Å². The molecule has 1 aromatic carbocycles. The smallest absolute Gasteiger partial charge is 0.322 e. The number of carboxylic acid groups (broad SMARTS) is 1. The first-order valence-corrected chi connectivity index (χ1v) is 9.94. The lowest BCUT2D eigenvalue weighted by atomic mass is 10.0. The lowest BCUT2D eigenvalue weighted by molar-refractivity contribution is -0.138. The van der Waals surface area contributed by atoms with Crippen molar-refractivity contribution in [3.8, 4) is 0 Å². The van der Waals surface area contributed by atoms with E-state index in [0.717, 1.165) is 5.56 Å². The monoisotopic (exact) mass is 369 g/mol. The third kappa shape index (κ3) is 14.6. The summed E-state index contributed by atoms with van der Waals surface area (Å²) in [7, 11) is 0. The van der Waals surface area contributed by atoms with Gasteiger partial charge in [-0.2, -0.15) is 11.8 Å². The molecule has 0 saturated carbocycles. The van der Waals surface area contributed by atoms with Crippen LogP contribution in [0.4, 0.5) is 0 Å². The van der Waals surface area contributed by atoms with Crippen LogP contribution in [0.1, 0.15) is 54.0 Å². The highest BCUT2D eigenvalue weighted by Gasteiger charge is 2.22. The van der Waals surface area contributed by atoms with Gasteiger partial charge in [0.15, 0.2) is 0 Å². The van der Waals surface area contributed by atoms with Crippen LogP contribution in [0.5, 0.6) is 0 Å². The predicted octanol–water partition coefficient (Wildman–Crippen LogP) is 4.63. The fourth-order valence-electron chi connectivity index (χ4n) is 1.78. The molecule has 0 spiro atoms. The topological polar surface area (TPSA) is 66.4 Å². The van der Waals surface area contributed by atoms with Gasteiger partial charge in [-0.1, -0.05) is 78.8 Å². The number of carbonyl (C=O) groups is 2. The SMILES string of the molecule is CC.CC.CC(C)(C)SCC(Cc1ccccc1)C(=O)NCC(=O)O. The van der Waals surface area contributed by atoms with Crippen LogP contribution in [0, 0.1) is 5.92 Å². The normalized spacial score (nSPS) is 11.2. The van der Waals surface area contributed by atoms with Crippen molar-refractivity contribution in [2.45, 2.75) is 59.6 Å². The van der Waals surface area contributed by atoms with Gasteiger partial charge in [0, 0.05) is 10.5 Å². The Hall–Kier alpha value is -1.49. The van der Waals surface area contributed by atoms with Gasteiger partial charge in [-0.05, 0) is 12.0 Å². The largest absolute Gasteiger partial charge is 0.480 e. The fourth-order valence-corrected chi connectivity index (χ4v) is 2.75. The summed E-state index contributed by atoms with van der Waals surface area (Å²) < 4.78 is 0.0714. The zero-order valence-electron chi connectivity index (χ0n) is 16.8. The zero-order valence-corrected chi connectivity index (χ0v) is 17.6. The van der Waals surface area contributed by atoms with Crippen LogP contribution >= 0.6 is 11.8 Å². The summed E-state index contributed by atoms with van der Waals surface area (Å²) in [6, 6.07) is 9.79. The maximum atomic E-state index is 12.2. The van der Waals surface area contributed by atoms with E-state index in [4.69, 9.17) is 5.11 Å². The summed E-state index contributed by atoms with van der Waals surface area (Å²) in [5.74, 6) is -0.775. The molecule has 0 fully saturated rings. The van der Waals surface area contributed by atoms with E-state index in [2.05, 4.69) is 26.1 Å². The first-order chi connectivity index (χ1) is 11.8. The highest BCUT2D eigenvalue weighted by atomic mass is 32.2. The summed E-state index contributed by atoms with van der Waals surface area (Å²) in [5, 5.41) is 11.2. The summed E-state index contributed by atoms with van der Waals surface area (Å²) >= 11 is 1.72. The Labute approximate surface area is 157 Å². The van der Waals surface area contributed by atoms with Crippen molar-refractivity contribution in [2.75, 3.05) is 12.3 Å². The van der Waals surface area contributed by atoms with E-state index in [1.54, 1.807) is 11.8 Å². The van der Waals surface area contributed by atoms with Gasteiger partial charge in [-0.15, -0.1) is 0 Å². The minimum atomic E-state index is -1.02. The van der Waals surface area contributed by atoms with Crippen LogP contribution in [-0.4, -0.2) is 34.0 Å². The molecular formula is C20H35NO3S. The lowest BCUT2D eigenvalue weighted by Crippen LogP contribution is -2.37. The van der Waals surface area contributed by atoms with Crippen molar-refractivity contribution in [2.24, 2.45) is 5.92 Å². The molecule has 1 aromatic rings. The summed E-state index contributed by atoms with van der Waals surface area (Å²) in [4.78, 5) is 22.8. The van der Waals surface area contributed by atoms with Crippen molar-refractivity contribution in [1.82, 2.24) is 5.32 Å². The molecule has 1 amide bonds. The first-order valence-electron chi connectivity index (χ1n) is 8.95. The number of carboxylic acids is 1. The second-order valence-corrected chi connectivity index (χ2v) is 7.77. The van der Waals surface area contributed by atoms with Gasteiger partial charge in [-0.25, -0.2) is 0 Å². The summed E-state index contributed by atoms with van der Waals surface area (Å²) in [6.07, 6.45) is 0.620. The Bertz CT molecular complexity index is 470. The molecule has 0 aromatic heterocycles. The quantitative estimate of drug-likeness (QED) is 0.735. The molecular weight excluding hydrogens is 334 g/mol. The fraction of sp³-hybridized carbons (Fsp3) is 0.600. The second-order valence-electron chi connectivity index (χ2n) is 5.92. The van der Waals surface area contributed by atoms with Crippen LogP contribution in [0.3, 0.4) is 0 Å². The van der Waals surface area contributed by atoms with E-state index in [0.29, 0.717) is 12.2 Å². The molecule has 5 heteroatoms. The molecule has 1 rings (SSSR count). The molecule has 0 aliphatic carbocycles. The van der Waals surface area contributed by atoms with Crippen LogP contribution in [0.2, 0.25) is 0 Å². The number of hydrogen-bond acceptors (Lipinski definition) is 3. The molecule has 1 atom stereocenters. The predicted molar refractivity (Wildman–Crippen MR) is 109 cm³/mol. The minimum Gasteiger partial charge on any atom is -0.480 e. The van der Waals surface area contributed by atoms with Crippen LogP contribution in [0.15, 0.2) is 30.3 Å². The average Bonchev–Trinajstić information content (AvgIpc) is 2.60. The molecule has 0 aliphatic heterocycles. The molecule has 0 heterocycles. The van der Waals surface area contributed by atoms with Crippen LogP contribution in [-0.2, 0) is 16.0 Å².